The maximum atomic E-state index is 12.0. The number of aliphatic hydroxyl groups excluding tert-OH is 1. The molecule has 0 aliphatic rings. The summed E-state index contributed by atoms with van der Waals surface area (Å²) >= 11 is 0. The van der Waals surface area contributed by atoms with Gasteiger partial charge in [0.2, 0.25) is 0 Å². The van der Waals surface area contributed by atoms with Gasteiger partial charge in [0.25, 0.3) is 13.7 Å². The number of nitrogens with one attached hydrogen (secondary N) is 2. The lowest BCUT2D eigenvalue weighted by Gasteiger charge is -2.25. The number of rotatable bonds is 11. The van der Waals surface area contributed by atoms with Crippen molar-refractivity contribution in [1.82, 2.24) is 14.6 Å². The van der Waals surface area contributed by atoms with E-state index in [4.69, 9.17) is 14.0 Å². The van der Waals surface area contributed by atoms with Crippen LogP contribution in [0.4, 0.5) is 0 Å². The van der Waals surface area contributed by atoms with E-state index in [-0.39, 0.29) is 12.7 Å². The van der Waals surface area contributed by atoms with Crippen molar-refractivity contribution in [2.24, 2.45) is 0 Å². The average Bonchev–Trinajstić information content (AvgIpc) is 2.57. The molecule has 0 radical (unpaired) electrons. The molecule has 1 unspecified atom stereocenters. The monoisotopic (exact) mass is 421 g/mol. The fraction of sp³-hybridized carbons (Fsp3) is 0.688. The molecule has 1 aromatic heterocycles. The summed E-state index contributed by atoms with van der Waals surface area (Å²) in [6.07, 6.45) is -1.78. The van der Waals surface area contributed by atoms with Gasteiger partial charge in [0.15, 0.2) is 0 Å². The number of ether oxygens (including phenoxy) is 2. The van der Waals surface area contributed by atoms with Crippen LogP contribution < -0.4 is 16.3 Å². The Bertz CT molecular complexity index is 776. The minimum atomic E-state index is -2.82. The van der Waals surface area contributed by atoms with Crippen LogP contribution in [0, 0.1) is 0 Å². The molecule has 0 aromatic carbocycles. The Morgan fingerprint density at radius 2 is 1.93 bits per heavy atom. The number of aromatic nitrogens is 2. The third kappa shape index (κ3) is 8.07. The molecular weight excluding hydrogens is 393 g/mol. The molecule has 160 valence electrons. The van der Waals surface area contributed by atoms with Crippen molar-refractivity contribution in [3.05, 3.63) is 33.1 Å². The van der Waals surface area contributed by atoms with E-state index in [1.165, 1.54) is 20.0 Å². The number of hydrogen-bond donors (Lipinski definition) is 3. The number of carbonyl (C=O) groups is 1. The summed E-state index contributed by atoms with van der Waals surface area (Å²) in [4.78, 5) is 36.7. The summed E-state index contributed by atoms with van der Waals surface area (Å²) < 4.78 is 28.9. The summed E-state index contributed by atoms with van der Waals surface area (Å²) in [5.41, 5.74) is -1.21. The Hall–Kier alpha value is -1.78. The molecule has 0 amide bonds. The van der Waals surface area contributed by atoms with Crippen molar-refractivity contribution in [3.8, 4) is 0 Å². The van der Waals surface area contributed by atoms with Gasteiger partial charge in [-0.2, -0.15) is 0 Å². The first-order valence-electron chi connectivity index (χ1n) is 8.80. The number of nitrogens with zero attached hydrogens (tertiary/aromatic N) is 1. The second-order valence-electron chi connectivity index (χ2n) is 6.48. The van der Waals surface area contributed by atoms with E-state index in [0.29, 0.717) is 0 Å². The number of H-pyrrole nitrogens is 1. The fourth-order valence-electron chi connectivity index (χ4n) is 2.09. The van der Waals surface area contributed by atoms with Crippen molar-refractivity contribution in [1.29, 1.82) is 0 Å². The highest BCUT2D eigenvalue weighted by molar-refractivity contribution is 7.36. The third-order valence-electron chi connectivity index (χ3n) is 3.57. The van der Waals surface area contributed by atoms with Crippen LogP contribution in [0.15, 0.2) is 21.9 Å². The van der Waals surface area contributed by atoms with Crippen molar-refractivity contribution in [2.75, 3.05) is 6.61 Å². The summed E-state index contributed by atoms with van der Waals surface area (Å²) in [5, 5.41) is 12.4. The van der Waals surface area contributed by atoms with Crippen LogP contribution in [0.1, 0.15) is 40.8 Å². The molecule has 3 N–H and O–H groups in total. The fourth-order valence-corrected chi connectivity index (χ4v) is 2.96. The van der Waals surface area contributed by atoms with Crippen LogP contribution in [-0.4, -0.2) is 51.6 Å². The minimum Gasteiger partial charge on any atom is -0.462 e. The van der Waals surface area contributed by atoms with Crippen molar-refractivity contribution in [3.63, 3.8) is 0 Å². The van der Waals surface area contributed by atoms with E-state index in [0.717, 1.165) is 10.6 Å². The van der Waals surface area contributed by atoms with Gasteiger partial charge in [0.1, 0.15) is 18.4 Å². The summed E-state index contributed by atoms with van der Waals surface area (Å²) in [6, 6.07) is 0.327. The number of aromatic amines is 1. The lowest BCUT2D eigenvalue weighted by molar-refractivity contribution is -0.149. The quantitative estimate of drug-likeness (QED) is 0.335. The number of aliphatic hydroxyl groups is 1. The molecule has 0 bridgehead atoms. The van der Waals surface area contributed by atoms with Crippen LogP contribution in [0.25, 0.3) is 0 Å². The van der Waals surface area contributed by atoms with E-state index in [2.05, 4.69) is 10.1 Å². The highest BCUT2D eigenvalue weighted by atomic mass is 31.1. The normalized spacial score (nSPS) is 17.0. The molecule has 0 saturated carbocycles. The standard InChI is InChI=1S/C16H28N3O8P/c1-9(2)26-15(22)10(3)18-28(24)25-8-13(11(4)20)27-12(5)19-7-6-14(21)17-16(19)23/h6-7,9-13,20,28H,8H2,1-5H3,(H,18,24)(H,17,21,23)/t10-,11-,12+,13+/m0/s1. The van der Waals surface area contributed by atoms with Gasteiger partial charge in [-0.05, 0) is 34.6 Å². The first-order chi connectivity index (χ1) is 13.0. The van der Waals surface area contributed by atoms with Gasteiger partial charge in [0, 0.05) is 12.3 Å². The van der Waals surface area contributed by atoms with Crippen LogP contribution in [-0.2, 0) is 23.4 Å². The molecule has 28 heavy (non-hydrogen) atoms. The molecule has 0 aliphatic carbocycles. The topological polar surface area (TPSA) is 149 Å². The maximum absolute atomic E-state index is 12.0. The van der Waals surface area contributed by atoms with Gasteiger partial charge in [-0.3, -0.25) is 23.7 Å². The SMILES string of the molecule is CC(C)OC(=O)[C@H](C)N[PH](=O)OC[C@@H](O[C@H](C)n1ccc(=O)[nH]c1=O)[C@H](C)O. The van der Waals surface area contributed by atoms with Gasteiger partial charge < -0.3 is 19.1 Å². The zero-order valence-corrected chi connectivity index (χ0v) is 17.5. The highest BCUT2D eigenvalue weighted by Gasteiger charge is 2.23. The molecule has 0 spiro atoms. The second kappa shape index (κ2) is 11.3. The predicted octanol–water partition coefficient (Wildman–Crippen LogP) is 0.157. The molecule has 1 aromatic rings. The Kier molecular flexibility index (Phi) is 9.77. The number of carbonyl (C=O) groups excluding carboxylic acids is 1. The Morgan fingerprint density at radius 3 is 2.46 bits per heavy atom. The molecule has 11 nitrogen and oxygen atoms in total. The smallest absolute Gasteiger partial charge is 0.330 e. The van der Waals surface area contributed by atoms with Crippen molar-refractivity contribution in [2.45, 2.75) is 65.2 Å². The first-order valence-corrected chi connectivity index (χ1v) is 10.1. The van der Waals surface area contributed by atoms with Gasteiger partial charge in [-0.15, -0.1) is 0 Å². The summed E-state index contributed by atoms with van der Waals surface area (Å²) in [7, 11) is -2.82. The van der Waals surface area contributed by atoms with Crippen LogP contribution in [0.5, 0.6) is 0 Å². The molecule has 0 aliphatic heterocycles. The van der Waals surface area contributed by atoms with E-state index < -0.39 is 49.9 Å². The first kappa shape index (κ1) is 24.3. The van der Waals surface area contributed by atoms with Gasteiger partial charge in [-0.25, -0.2) is 9.88 Å². The lowest BCUT2D eigenvalue weighted by atomic mass is 10.2. The Balaban J connectivity index is 2.63. The number of esters is 1. The molecule has 12 heteroatoms. The van der Waals surface area contributed by atoms with Crippen LogP contribution >= 0.6 is 8.18 Å². The Morgan fingerprint density at radius 1 is 1.29 bits per heavy atom. The van der Waals surface area contributed by atoms with Gasteiger partial charge >= 0.3 is 11.7 Å². The zero-order valence-electron chi connectivity index (χ0n) is 16.5. The molecule has 1 heterocycles. The minimum absolute atomic E-state index is 0.253. The van der Waals surface area contributed by atoms with E-state index in [1.54, 1.807) is 20.8 Å². The summed E-state index contributed by atoms with van der Waals surface area (Å²) in [5.74, 6) is -0.564. The summed E-state index contributed by atoms with van der Waals surface area (Å²) in [6.45, 7) is 7.62. The lowest BCUT2D eigenvalue weighted by Crippen LogP contribution is -2.37. The maximum Gasteiger partial charge on any atom is 0.330 e. The third-order valence-corrected chi connectivity index (χ3v) is 4.67. The predicted molar refractivity (Wildman–Crippen MR) is 101 cm³/mol. The van der Waals surface area contributed by atoms with Crippen molar-refractivity contribution >= 4 is 14.1 Å². The largest absolute Gasteiger partial charge is 0.462 e. The van der Waals surface area contributed by atoms with E-state index in [9.17, 15) is 24.1 Å². The number of hydrogen-bond acceptors (Lipinski definition) is 8. The Labute approximate surface area is 162 Å². The van der Waals surface area contributed by atoms with Gasteiger partial charge in [-0.1, -0.05) is 0 Å². The van der Waals surface area contributed by atoms with E-state index in [1.807, 2.05) is 0 Å². The highest BCUT2D eigenvalue weighted by Crippen LogP contribution is 2.21. The van der Waals surface area contributed by atoms with Crippen molar-refractivity contribution < 1.29 is 28.5 Å². The molecule has 1 rings (SSSR count). The average molecular weight is 421 g/mol. The molecule has 5 atom stereocenters. The van der Waals surface area contributed by atoms with Crippen LogP contribution in [0.3, 0.4) is 0 Å². The second-order valence-corrected chi connectivity index (χ2v) is 7.63. The van der Waals surface area contributed by atoms with Crippen LogP contribution in [0.2, 0.25) is 0 Å². The molecular formula is C16H28N3O8P. The molecule has 0 saturated heterocycles. The van der Waals surface area contributed by atoms with E-state index >= 15 is 0 Å². The molecule has 0 fully saturated rings. The van der Waals surface area contributed by atoms with Gasteiger partial charge in [0.05, 0.1) is 18.8 Å². The zero-order chi connectivity index (χ0) is 21.4.